The van der Waals surface area contributed by atoms with Crippen LogP contribution in [0.15, 0.2) is 0 Å². The highest BCUT2D eigenvalue weighted by Crippen LogP contribution is 2.39. The Balaban J connectivity index is 2.03. The van der Waals surface area contributed by atoms with E-state index in [0.29, 0.717) is 5.92 Å². The third-order valence-corrected chi connectivity index (χ3v) is 4.83. The summed E-state index contributed by atoms with van der Waals surface area (Å²) in [5.74, 6) is 0.522. The summed E-state index contributed by atoms with van der Waals surface area (Å²) >= 11 is 0. The first-order valence-electron chi connectivity index (χ1n) is 8.25. The number of nitrogens with one attached hydrogen (secondary N) is 1. The van der Waals surface area contributed by atoms with Crippen LogP contribution in [0.4, 0.5) is 0 Å². The van der Waals surface area contributed by atoms with Gasteiger partial charge in [0.2, 0.25) is 0 Å². The molecule has 0 aliphatic carbocycles. The zero-order valence-electron chi connectivity index (χ0n) is 13.7. The maximum Gasteiger partial charge on any atom is 0.172 e. The molecule has 0 saturated carbocycles. The molecule has 1 spiro atoms. The van der Waals surface area contributed by atoms with Gasteiger partial charge in [-0.05, 0) is 44.6 Å². The van der Waals surface area contributed by atoms with E-state index < -0.39 is 0 Å². The Morgan fingerprint density at radius 2 is 1.90 bits per heavy atom. The molecule has 1 N–H and O–H groups in total. The van der Waals surface area contributed by atoms with Crippen molar-refractivity contribution in [3.63, 3.8) is 0 Å². The first-order chi connectivity index (χ1) is 10.2. The van der Waals surface area contributed by atoms with Crippen molar-refractivity contribution in [2.24, 2.45) is 5.92 Å². The van der Waals surface area contributed by atoms with Gasteiger partial charge in [-0.15, -0.1) is 0 Å². The molecule has 2 saturated heterocycles. The zero-order valence-corrected chi connectivity index (χ0v) is 13.7. The van der Waals surface area contributed by atoms with E-state index in [2.05, 4.69) is 12.2 Å². The van der Waals surface area contributed by atoms with E-state index >= 15 is 0 Å². The van der Waals surface area contributed by atoms with Gasteiger partial charge < -0.3 is 24.3 Å². The molecular formula is C16H31NO4. The van der Waals surface area contributed by atoms with Gasteiger partial charge in [-0.1, -0.05) is 6.92 Å². The van der Waals surface area contributed by atoms with Gasteiger partial charge in [0.1, 0.15) is 0 Å². The molecule has 5 heteroatoms. The van der Waals surface area contributed by atoms with Crippen molar-refractivity contribution in [3.05, 3.63) is 0 Å². The molecule has 0 amide bonds. The van der Waals surface area contributed by atoms with Crippen LogP contribution in [0.2, 0.25) is 0 Å². The van der Waals surface area contributed by atoms with Crippen LogP contribution in [0.3, 0.4) is 0 Å². The van der Waals surface area contributed by atoms with Gasteiger partial charge in [-0.25, -0.2) is 0 Å². The van der Waals surface area contributed by atoms with Crippen molar-refractivity contribution in [1.29, 1.82) is 0 Å². The van der Waals surface area contributed by atoms with Gasteiger partial charge in [0.25, 0.3) is 0 Å². The van der Waals surface area contributed by atoms with Crippen LogP contribution < -0.4 is 5.32 Å². The molecule has 2 aliphatic rings. The molecule has 0 radical (unpaired) electrons. The predicted molar refractivity (Wildman–Crippen MR) is 81.3 cm³/mol. The maximum atomic E-state index is 6.15. The summed E-state index contributed by atoms with van der Waals surface area (Å²) in [5.41, 5.74) is 0.0132. The van der Waals surface area contributed by atoms with Crippen molar-refractivity contribution in [1.82, 2.24) is 5.32 Å². The van der Waals surface area contributed by atoms with Crippen LogP contribution in [0.5, 0.6) is 0 Å². The fraction of sp³-hybridized carbons (Fsp3) is 1.00. The van der Waals surface area contributed by atoms with E-state index in [1.165, 1.54) is 0 Å². The lowest BCUT2D eigenvalue weighted by Crippen LogP contribution is -2.53. The largest absolute Gasteiger partial charge is 0.381 e. The van der Waals surface area contributed by atoms with Gasteiger partial charge in [-0.3, -0.25) is 0 Å². The number of ether oxygens (including phenoxy) is 4. The van der Waals surface area contributed by atoms with E-state index in [0.717, 1.165) is 58.5 Å². The Hall–Kier alpha value is -0.200. The van der Waals surface area contributed by atoms with Crippen LogP contribution >= 0.6 is 0 Å². The van der Waals surface area contributed by atoms with Crippen LogP contribution in [-0.4, -0.2) is 58.5 Å². The summed E-state index contributed by atoms with van der Waals surface area (Å²) in [7, 11) is 3.44. The van der Waals surface area contributed by atoms with E-state index in [1.54, 1.807) is 14.2 Å². The molecule has 0 bridgehead atoms. The van der Waals surface area contributed by atoms with Crippen LogP contribution in [-0.2, 0) is 18.9 Å². The summed E-state index contributed by atoms with van der Waals surface area (Å²) in [4.78, 5) is 0. The second-order valence-corrected chi connectivity index (χ2v) is 6.22. The van der Waals surface area contributed by atoms with Crippen LogP contribution in [0.25, 0.3) is 0 Å². The highest BCUT2D eigenvalue weighted by molar-refractivity contribution is 4.93. The predicted octanol–water partition coefficient (Wildman–Crippen LogP) is 1.95. The van der Waals surface area contributed by atoms with Gasteiger partial charge in [0.15, 0.2) is 6.29 Å². The lowest BCUT2D eigenvalue weighted by molar-refractivity contribution is -0.176. The van der Waals surface area contributed by atoms with Crippen molar-refractivity contribution in [3.8, 4) is 0 Å². The second-order valence-electron chi connectivity index (χ2n) is 6.22. The minimum atomic E-state index is -0.198. The fourth-order valence-electron chi connectivity index (χ4n) is 3.65. The molecule has 21 heavy (non-hydrogen) atoms. The number of hydrogen-bond acceptors (Lipinski definition) is 5. The van der Waals surface area contributed by atoms with E-state index in [9.17, 15) is 0 Å². The van der Waals surface area contributed by atoms with Gasteiger partial charge >= 0.3 is 0 Å². The van der Waals surface area contributed by atoms with Crippen molar-refractivity contribution in [2.45, 2.75) is 57.0 Å². The molecular weight excluding hydrogens is 270 g/mol. The standard InChI is InChI=1S/C16H31NO4/c1-4-8-17-14(15(18-2)19-3)13-5-9-21-16(12-13)6-10-20-11-7-16/h13-15,17H,4-12H2,1-3H3. The Morgan fingerprint density at radius 3 is 2.52 bits per heavy atom. The summed E-state index contributed by atoms with van der Waals surface area (Å²) < 4.78 is 22.7. The summed E-state index contributed by atoms with van der Waals surface area (Å²) in [6, 6.07) is 0.226. The summed E-state index contributed by atoms with van der Waals surface area (Å²) in [6.07, 6.45) is 5.06. The molecule has 2 heterocycles. The number of rotatable bonds is 7. The lowest BCUT2D eigenvalue weighted by Gasteiger charge is -2.46. The average Bonchev–Trinajstić information content (AvgIpc) is 2.52. The molecule has 2 fully saturated rings. The molecule has 124 valence electrons. The van der Waals surface area contributed by atoms with Crippen LogP contribution in [0.1, 0.15) is 39.0 Å². The number of hydrogen-bond donors (Lipinski definition) is 1. The quantitative estimate of drug-likeness (QED) is 0.728. The van der Waals surface area contributed by atoms with Gasteiger partial charge in [0.05, 0.1) is 11.6 Å². The molecule has 2 unspecified atom stereocenters. The zero-order chi connectivity index (χ0) is 15.1. The third kappa shape index (κ3) is 4.39. The van der Waals surface area contributed by atoms with Crippen LogP contribution in [0, 0.1) is 5.92 Å². The minimum absolute atomic E-state index is 0.0132. The first-order valence-corrected chi connectivity index (χ1v) is 8.25. The Bertz CT molecular complexity index is 284. The van der Waals surface area contributed by atoms with E-state index in [-0.39, 0.29) is 17.9 Å². The Morgan fingerprint density at radius 1 is 1.19 bits per heavy atom. The molecule has 0 aromatic heterocycles. The van der Waals surface area contributed by atoms with E-state index in [4.69, 9.17) is 18.9 Å². The topological polar surface area (TPSA) is 49.0 Å². The Labute approximate surface area is 128 Å². The van der Waals surface area contributed by atoms with Gasteiger partial charge in [-0.2, -0.15) is 0 Å². The third-order valence-electron chi connectivity index (χ3n) is 4.83. The normalized spacial score (nSPS) is 27.1. The SMILES string of the molecule is CCCNC(C1CCOC2(CCOCC2)C1)C(OC)OC. The van der Waals surface area contributed by atoms with Crippen molar-refractivity contribution >= 4 is 0 Å². The highest BCUT2D eigenvalue weighted by Gasteiger charge is 2.43. The smallest absolute Gasteiger partial charge is 0.172 e. The number of methoxy groups -OCH3 is 2. The summed E-state index contributed by atoms with van der Waals surface area (Å²) in [6.45, 7) is 5.63. The molecule has 2 aliphatic heterocycles. The van der Waals surface area contributed by atoms with Crippen molar-refractivity contribution in [2.75, 3.05) is 40.6 Å². The Kier molecular flexibility index (Phi) is 6.89. The molecule has 2 rings (SSSR count). The maximum absolute atomic E-state index is 6.15. The van der Waals surface area contributed by atoms with Crippen molar-refractivity contribution < 1.29 is 18.9 Å². The lowest BCUT2D eigenvalue weighted by atomic mass is 9.77. The highest BCUT2D eigenvalue weighted by atomic mass is 16.7. The molecule has 0 aromatic rings. The molecule has 2 atom stereocenters. The monoisotopic (exact) mass is 301 g/mol. The van der Waals surface area contributed by atoms with E-state index in [1.807, 2.05) is 0 Å². The molecule has 0 aromatic carbocycles. The minimum Gasteiger partial charge on any atom is -0.381 e. The van der Waals surface area contributed by atoms with Gasteiger partial charge in [0, 0.05) is 34.0 Å². The molecule has 5 nitrogen and oxygen atoms in total. The second kappa shape index (κ2) is 8.44. The average molecular weight is 301 g/mol. The first kappa shape index (κ1) is 17.2. The fourth-order valence-corrected chi connectivity index (χ4v) is 3.65. The summed E-state index contributed by atoms with van der Waals surface area (Å²) in [5, 5.41) is 3.63.